The number of nitrogens with zero attached hydrogens (tertiary/aromatic N) is 2. The number of carbonyl (C=O) groups is 1. The fourth-order valence-electron chi connectivity index (χ4n) is 3.72. The third kappa shape index (κ3) is 4.86. The zero-order valence-electron chi connectivity index (χ0n) is 15.8. The summed E-state index contributed by atoms with van der Waals surface area (Å²) in [6.07, 6.45) is 2.68. The van der Waals surface area contributed by atoms with Crippen LogP contribution in [0, 0.1) is 5.82 Å². The Hall–Kier alpha value is -1.96. The lowest BCUT2D eigenvalue weighted by atomic mass is 9.96. The minimum absolute atomic E-state index is 0.0826. The molecular formula is C19H27F2N3O3. The number of nitrogens with one attached hydrogen (secondary N) is 1. The topological polar surface area (TPSA) is 63.7 Å². The van der Waals surface area contributed by atoms with E-state index < -0.39 is 12.0 Å². The van der Waals surface area contributed by atoms with Crippen molar-refractivity contribution in [2.75, 3.05) is 20.7 Å². The molecule has 150 valence electrons. The zero-order chi connectivity index (χ0) is 19.4. The van der Waals surface area contributed by atoms with E-state index in [9.17, 15) is 13.6 Å². The molecule has 0 unspecified atom stereocenters. The molecule has 2 fully saturated rings. The normalized spacial score (nSPS) is 26.0. The van der Waals surface area contributed by atoms with Crippen LogP contribution in [0.2, 0.25) is 0 Å². The molecule has 6 nitrogen and oxygen atoms in total. The summed E-state index contributed by atoms with van der Waals surface area (Å²) in [5, 5.41) is 2.83. The van der Waals surface area contributed by atoms with Gasteiger partial charge >= 0.3 is 0 Å². The molecule has 0 bridgehead atoms. The first-order valence-electron chi connectivity index (χ1n) is 9.50. The molecule has 1 saturated heterocycles. The van der Waals surface area contributed by atoms with Gasteiger partial charge in [0.15, 0.2) is 5.82 Å². The van der Waals surface area contributed by atoms with Crippen LogP contribution in [0.4, 0.5) is 8.78 Å². The Morgan fingerprint density at radius 1 is 1.30 bits per heavy atom. The van der Waals surface area contributed by atoms with Crippen LogP contribution >= 0.6 is 0 Å². The van der Waals surface area contributed by atoms with E-state index in [1.165, 1.54) is 13.2 Å². The zero-order valence-corrected chi connectivity index (χ0v) is 15.8. The van der Waals surface area contributed by atoms with Crippen LogP contribution in [0.1, 0.15) is 44.1 Å². The van der Waals surface area contributed by atoms with Crippen molar-refractivity contribution < 1.29 is 23.0 Å². The maximum atomic E-state index is 14.4. The lowest BCUT2D eigenvalue weighted by molar-refractivity contribution is -0.125. The standard InChI is InChI=1S/C19H27F2N3O3/c1-24-9-3-4-16(24)17(25)22-11-12-10-15(21)19(23-18(12)26-2)27-14-7-5-13(20)6-8-14/h10,13-14,16H,3-9,11H2,1-2H3,(H,22,25)/t13?,14?,16-/m0/s1. The number of methoxy groups -OCH3 is 1. The van der Waals surface area contributed by atoms with Gasteiger partial charge in [-0.1, -0.05) is 0 Å². The van der Waals surface area contributed by atoms with Crippen molar-refractivity contribution in [3.63, 3.8) is 0 Å². The average Bonchev–Trinajstić information content (AvgIpc) is 3.09. The maximum absolute atomic E-state index is 14.4. The van der Waals surface area contributed by atoms with Gasteiger partial charge in [-0.15, -0.1) is 0 Å². The number of hydrogen-bond acceptors (Lipinski definition) is 5. The molecule has 8 heteroatoms. The maximum Gasteiger partial charge on any atom is 0.254 e. The van der Waals surface area contributed by atoms with Gasteiger partial charge in [-0.3, -0.25) is 9.69 Å². The van der Waals surface area contributed by atoms with E-state index in [1.54, 1.807) is 0 Å². The molecule has 1 aromatic rings. The highest BCUT2D eigenvalue weighted by Gasteiger charge is 2.28. The van der Waals surface area contributed by atoms with Gasteiger partial charge in [-0.2, -0.15) is 4.98 Å². The smallest absolute Gasteiger partial charge is 0.254 e. The summed E-state index contributed by atoms with van der Waals surface area (Å²) < 4.78 is 38.6. The predicted octanol–water partition coefficient (Wildman–Crippen LogP) is 2.60. The van der Waals surface area contributed by atoms with E-state index in [2.05, 4.69) is 10.3 Å². The highest BCUT2D eigenvalue weighted by atomic mass is 19.1. The van der Waals surface area contributed by atoms with E-state index in [1.807, 2.05) is 11.9 Å². The summed E-state index contributed by atoms with van der Waals surface area (Å²) in [4.78, 5) is 18.4. The van der Waals surface area contributed by atoms with Crippen molar-refractivity contribution in [1.82, 2.24) is 15.2 Å². The first kappa shape index (κ1) is 19.8. The van der Waals surface area contributed by atoms with Crippen LogP contribution in [0.25, 0.3) is 0 Å². The molecule has 0 aromatic carbocycles. The van der Waals surface area contributed by atoms with Gasteiger partial charge in [0, 0.05) is 12.1 Å². The molecule has 1 amide bonds. The van der Waals surface area contributed by atoms with Crippen molar-refractivity contribution in [3.05, 3.63) is 17.4 Å². The number of likely N-dealkylation sites (N-methyl/N-ethyl adjacent to an activating group) is 1. The van der Waals surface area contributed by atoms with Crippen LogP contribution in [0.3, 0.4) is 0 Å². The molecular weight excluding hydrogens is 356 g/mol. The van der Waals surface area contributed by atoms with Crippen LogP contribution < -0.4 is 14.8 Å². The molecule has 1 saturated carbocycles. The quantitative estimate of drug-likeness (QED) is 0.818. The monoisotopic (exact) mass is 383 g/mol. The Balaban J connectivity index is 1.64. The summed E-state index contributed by atoms with van der Waals surface area (Å²) >= 11 is 0. The van der Waals surface area contributed by atoms with Crippen molar-refractivity contribution in [1.29, 1.82) is 0 Å². The van der Waals surface area contributed by atoms with Crippen molar-refractivity contribution in [2.45, 2.75) is 63.4 Å². The third-order valence-corrected chi connectivity index (χ3v) is 5.33. The van der Waals surface area contributed by atoms with Crippen LogP contribution in [-0.4, -0.2) is 54.8 Å². The largest absolute Gasteiger partial charge is 0.481 e. The van der Waals surface area contributed by atoms with Gasteiger partial charge in [0.25, 0.3) is 5.88 Å². The number of alkyl halides is 1. The summed E-state index contributed by atoms with van der Waals surface area (Å²) in [5.41, 5.74) is 0.448. The van der Waals surface area contributed by atoms with Crippen molar-refractivity contribution >= 4 is 5.91 Å². The van der Waals surface area contributed by atoms with Crippen LogP contribution in [0.15, 0.2) is 6.07 Å². The molecule has 1 aliphatic carbocycles. The van der Waals surface area contributed by atoms with Gasteiger partial charge in [0.05, 0.1) is 13.2 Å². The average molecular weight is 383 g/mol. The Morgan fingerprint density at radius 2 is 2.04 bits per heavy atom. The fraction of sp³-hybridized carbons (Fsp3) is 0.684. The predicted molar refractivity (Wildman–Crippen MR) is 96.0 cm³/mol. The molecule has 3 rings (SSSR count). The van der Waals surface area contributed by atoms with Gasteiger partial charge in [0.2, 0.25) is 11.8 Å². The Bertz CT molecular complexity index is 666. The number of hydrogen-bond donors (Lipinski definition) is 1. The number of pyridine rings is 1. The molecule has 0 radical (unpaired) electrons. The lowest BCUT2D eigenvalue weighted by Crippen LogP contribution is -2.41. The molecule has 0 spiro atoms. The third-order valence-electron chi connectivity index (χ3n) is 5.33. The molecule has 1 N–H and O–H groups in total. The number of amides is 1. The van der Waals surface area contributed by atoms with Gasteiger partial charge in [-0.25, -0.2) is 8.78 Å². The van der Waals surface area contributed by atoms with Gasteiger partial charge in [0.1, 0.15) is 12.3 Å². The highest BCUT2D eigenvalue weighted by Crippen LogP contribution is 2.29. The Morgan fingerprint density at radius 3 is 2.67 bits per heavy atom. The second-order valence-electron chi connectivity index (χ2n) is 7.29. The molecule has 2 heterocycles. The van der Waals surface area contributed by atoms with E-state index in [0.29, 0.717) is 31.2 Å². The van der Waals surface area contributed by atoms with E-state index >= 15 is 0 Å². The van der Waals surface area contributed by atoms with E-state index in [4.69, 9.17) is 9.47 Å². The van der Waals surface area contributed by atoms with Crippen molar-refractivity contribution in [2.24, 2.45) is 0 Å². The van der Waals surface area contributed by atoms with Crippen molar-refractivity contribution in [3.8, 4) is 11.8 Å². The van der Waals surface area contributed by atoms with Crippen LogP contribution in [-0.2, 0) is 11.3 Å². The number of rotatable bonds is 6. The van der Waals surface area contributed by atoms with E-state index in [-0.39, 0.29) is 36.4 Å². The first-order chi connectivity index (χ1) is 13.0. The SMILES string of the molecule is COc1nc(OC2CCC(F)CC2)c(F)cc1CNC(=O)[C@@H]1CCCN1C. The molecule has 27 heavy (non-hydrogen) atoms. The Kier molecular flexibility index (Phi) is 6.46. The fourth-order valence-corrected chi connectivity index (χ4v) is 3.72. The molecule has 1 atom stereocenters. The second kappa shape index (κ2) is 8.82. The number of likely N-dealkylation sites (tertiary alicyclic amines) is 1. The molecule has 2 aliphatic rings. The second-order valence-corrected chi connectivity index (χ2v) is 7.29. The minimum atomic E-state index is -0.804. The minimum Gasteiger partial charge on any atom is -0.481 e. The first-order valence-corrected chi connectivity index (χ1v) is 9.50. The molecule has 1 aromatic heterocycles. The van der Waals surface area contributed by atoms with Gasteiger partial charge in [-0.05, 0) is 58.2 Å². The lowest BCUT2D eigenvalue weighted by Gasteiger charge is -2.25. The van der Waals surface area contributed by atoms with Crippen LogP contribution in [0.5, 0.6) is 11.8 Å². The number of ether oxygens (including phenoxy) is 2. The summed E-state index contributed by atoms with van der Waals surface area (Å²) in [6.45, 7) is 1.03. The summed E-state index contributed by atoms with van der Waals surface area (Å²) in [5.74, 6) is -0.619. The number of carbonyl (C=O) groups excluding carboxylic acids is 1. The highest BCUT2D eigenvalue weighted by molar-refractivity contribution is 5.82. The molecule has 1 aliphatic heterocycles. The summed E-state index contributed by atoms with van der Waals surface area (Å²) in [6, 6.07) is 1.13. The Labute approximate surface area is 158 Å². The van der Waals surface area contributed by atoms with E-state index in [0.717, 1.165) is 19.4 Å². The number of halogens is 2. The van der Waals surface area contributed by atoms with Gasteiger partial charge < -0.3 is 14.8 Å². The number of aromatic nitrogens is 1. The summed E-state index contributed by atoms with van der Waals surface area (Å²) in [7, 11) is 3.36.